The van der Waals surface area contributed by atoms with E-state index in [1.165, 1.54) is 0 Å². The highest BCUT2D eigenvalue weighted by Crippen LogP contribution is 2.36. The molecule has 0 atom stereocenters. The number of hydrogen-bond acceptors (Lipinski definition) is 6. The van der Waals surface area contributed by atoms with Crippen LogP contribution in [0.1, 0.15) is 34.1 Å². The number of nitrogens with zero attached hydrogens (tertiary/aromatic N) is 2. The lowest BCUT2D eigenvalue weighted by Crippen LogP contribution is -2.17. The van der Waals surface area contributed by atoms with Crippen molar-refractivity contribution in [1.29, 1.82) is 0 Å². The van der Waals surface area contributed by atoms with E-state index in [0.29, 0.717) is 36.0 Å². The highest BCUT2D eigenvalue weighted by molar-refractivity contribution is 9.10. The third-order valence-corrected chi connectivity index (χ3v) is 7.78. The normalized spacial score (nSPS) is 12.0. The van der Waals surface area contributed by atoms with E-state index in [0.717, 1.165) is 44.0 Å². The molecule has 0 saturated carbocycles. The van der Waals surface area contributed by atoms with Gasteiger partial charge in [-0.05, 0) is 102 Å². The first-order valence-corrected chi connectivity index (χ1v) is 14.9. The van der Waals surface area contributed by atoms with Gasteiger partial charge in [-0.1, -0.05) is 36.4 Å². The van der Waals surface area contributed by atoms with Crippen molar-refractivity contribution in [1.82, 2.24) is 9.99 Å². The first kappa shape index (κ1) is 29.1. The molecular weight excluding hydrogens is 622 g/mol. The van der Waals surface area contributed by atoms with Gasteiger partial charge >= 0.3 is 0 Å². The average Bonchev–Trinajstić information content (AvgIpc) is 3.68. The van der Waals surface area contributed by atoms with E-state index in [1.807, 2.05) is 67.6 Å². The van der Waals surface area contributed by atoms with Gasteiger partial charge in [0.1, 0.15) is 6.61 Å². The van der Waals surface area contributed by atoms with Crippen LogP contribution < -0.4 is 24.4 Å². The van der Waals surface area contributed by atoms with Crippen LogP contribution in [0.4, 0.5) is 0 Å². The lowest BCUT2D eigenvalue weighted by Gasteiger charge is -2.14. The summed E-state index contributed by atoms with van der Waals surface area (Å²) in [6.45, 7) is 4.97. The number of halogens is 1. The summed E-state index contributed by atoms with van der Waals surface area (Å²) in [6, 6.07) is 31.2. The number of carbonyl (C=O) groups is 1. The molecule has 0 radical (unpaired) electrons. The van der Waals surface area contributed by atoms with Gasteiger partial charge in [0.25, 0.3) is 5.91 Å². The topological polar surface area (TPSA) is 83.3 Å². The molecule has 44 heavy (non-hydrogen) atoms. The summed E-state index contributed by atoms with van der Waals surface area (Å²) in [5.41, 5.74) is 9.07. The van der Waals surface area contributed by atoms with Crippen LogP contribution in [0.2, 0.25) is 0 Å². The molecule has 0 spiro atoms. The van der Waals surface area contributed by atoms with Crippen LogP contribution in [0, 0.1) is 6.92 Å². The molecule has 0 fully saturated rings. The maximum absolute atomic E-state index is 12.9. The quantitative estimate of drug-likeness (QED) is 0.124. The van der Waals surface area contributed by atoms with Gasteiger partial charge in [-0.3, -0.25) is 4.79 Å². The Labute approximate surface area is 264 Å². The third-order valence-electron chi connectivity index (χ3n) is 7.10. The van der Waals surface area contributed by atoms with E-state index in [1.54, 1.807) is 18.3 Å². The number of aromatic nitrogens is 1. The van der Waals surface area contributed by atoms with Crippen molar-refractivity contribution in [2.24, 2.45) is 5.10 Å². The predicted molar refractivity (Wildman–Crippen MR) is 173 cm³/mol. The van der Waals surface area contributed by atoms with Gasteiger partial charge < -0.3 is 23.5 Å². The summed E-state index contributed by atoms with van der Waals surface area (Å²) < 4.78 is 25.7. The number of benzene rings is 4. The smallest absolute Gasteiger partial charge is 0.271 e. The summed E-state index contributed by atoms with van der Waals surface area (Å²) in [7, 11) is 0. The minimum atomic E-state index is -0.315. The number of hydrogen-bond donors (Lipinski definition) is 1. The van der Waals surface area contributed by atoms with Gasteiger partial charge in [0.2, 0.25) is 6.79 Å². The van der Waals surface area contributed by atoms with Crippen LogP contribution in [0.3, 0.4) is 0 Å². The molecule has 5 aromatic rings. The van der Waals surface area contributed by atoms with Crippen LogP contribution in [-0.4, -0.2) is 30.1 Å². The van der Waals surface area contributed by atoms with Crippen LogP contribution in [0.25, 0.3) is 16.9 Å². The zero-order valence-electron chi connectivity index (χ0n) is 24.2. The number of nitrogens with one attached hydrogen (secondary N) is 1. The Bertz CT molecular complexity index is 1820. The van der Waals surface area contributed by atoms with Crippen molar-refractivity contribution in [3.05, 3.63) is 124 Å². The van der Waals surface area contributed by atoms with Crippen LogP contribution in [-0.2, 0) is 6.61 Å². The second-order valence-corrected chi connectivity index (χ2v) is 10.9. The van der Waals surface area contributed by atoms with Crippen molar-refractivity contribution in [2.75, 3.05) is 13.4 Å². The summed E-state index contributed by atoms with van der Waals surface area (Å²) in [5, 5.41) is 4.19. The standard InChI is InChI=1S/C35H30BrN3O5/c1-3-41-33-18-27(29(36)19-34(33)42-21-24-10-16-31-32(17-24)44-22-43-31)20-37-38-35(40)26-11-13-28(14-12-26)39-23(2)9-15-30(39)25-7-5-4-6-8-25/h4-20H,3,21-22H2,1-2H3,(H,38,40)/b37-20+. The molecular formula is C35H30BrN3O5. The zero-order valence-corrected chi connectivity index (χ0v) is 25.8. The molecule has 0 aliphatic carbocycles. The Balaban J connectivity index is 1.12. The molecule has 1 aliphatic rings. The van der Waals surface area contributed by atoms with Crippen molar-refractivity contribution in [3.63, 3.8) is 0 Å². The Kier molecular flexibility index (Phi) is 8.65. The van der Waals surface area contributed by atoms with Gasteiger partial charge in [-0.25, -0.2) is 5.43 Å². The SMILES string of the molecule is CCOc1cc(/C=N/NC(=O)c2ccc(-n3c(C)ccc3-c3ccccc3)cc2)c(Br)cc1OCc1ccc2c(c1)OCO2. The van der Waals surface area contributed by atoms with E-state index < -0.39 is 0 Å². The maximum atomic E-state index is 12.9. The molecule has 1 aliphatic heterocycles. The average molecular weight is 653 g/mol. The molecule has 0 unspecified atom stereocenters. The molecule has 0 bridgehead atoms. The first-order valence-electron chi connectivity index (χ1n) is 14.2. The Morgan fingerprint density at radius 3 is 2.50 bits per heavy atom. The highest BCUT2D eigenvalue weighted by atomic mass is 79.9. The number of fused-ring (bicyclic) bond motifs is 1. The fraction of sp³-hybridized carbons (Fsp3) is 0.143. The monoisotopic (exact) mass is 651 g/mol. The minimum absolute atomic E-state index is 0.223. The zero-order chi connectivity index (χ0) is 30.5. The highest BCUT2D eigenvalue weighted by Gasteiger charge is 2.15. The van der Waals surface area contributed by atoms with E-state index in [-0.39, 0.29) is 12.7 Å². The van der Waals surface area contributed by atoms with E-state index in [9.17, 15) is 4.79 Å². The van der Waals surface area contributed by atoms with Crippen molar-refractivity contribution in [3.8, 4) is 39.9 Å². The number of ether oxygens (including phenoxy) is 4. The molecule has 9 heteroatoms. The molecule has 1 amide bonds. The Hall–Kier alpha value is -5.02. The molecule has 2 heterocycles. The van der Waals surface area contributed by atoms with E-state index in [4.69, 9.17) is 18.9 Å². The second kappa shape index (κ2) is 13.1. The fourth-order valence-corrected chi connectivity index (χ4v) is 5.35. The Morgan fingerprint density at radius 1 is 0.932 bits per heavy atom. The largest absolute Gasteiger partial charge is 0.490 e. The van der Waals surface area contributed by atoms with Gasteiger partial charge in [0.15, 0.2) is 23.0 Å². The first-order chi connectivity index (χ1) is 21.5. The molecule has 4 aromatic carbocycles. The van der Waals surface area contributed by atoms with Crippen LogP contribution in [0.5, 0.6) is 23.0 Å². The summed E-state index contributed by atoms with van der Waals surface area (Å²) in [4.78, 5) is 12.9. The van der Waals surface area contributed by atoms with Gasteiger partial charge in [-0.2, -0.15) is 5.10 Å². The second-order valence-electron chi connectivity index (χ2n) is 10.0. The van der Waals surface area contributed by atoms with Crippen molar-refractivity contribution >= 4 is 28.1 Å². The molecule has 222 valence electrons. The lowest BCUT2D eigenvalue weighted by molar-refractivity contribution is 0.0955. The number of carbonyl (C=O) groups excluding carboxylic acids is 1. The number of amides is 1. The van der Waals surface area contributed by atoms with Gasteiger partial charge in [0, 0.05) is 27.0 Å². The van der Waals surface area contributed by atoms with Crippen LogP contribution >= 0.6 is 15.9 Å². The van der Waals surface area contributed by atoms with Crippen molar-refractivity contribution < 1.29 is 23.7 Å². The molecule has 1 aromatic heterocycles. The molecule has 1 N–H and O–H groups in total. The van der Waals surface area contributed by atoms with Crippen LogP contribution in [0.15, 0.2) is 107 Å². The summed E-state index contributed by atoms with van der Waals surface area (Å²) in [6.07, 6.45) is 1.57. The van der Waals surface area contributed by atoms with Gasteiger partial charge in [0.05, 0.1) is 18.5 Å². The summed E-state index contributed by atoms with van der Waals surface area (Å²) in [5.74, 6) is 2.25. The number of rotatable bonds is 10. The third kappa shape index (κ3) is 6.33. The van der Waals surface area contributed by atoms with E-state index in [2.05, 4.69) is 62.2 Å². The number of hydrazone groups is 1. The number of aryl methyl sites for hydroxylation is 1. The fourth-order valence-electron chi connectivity index (χ4n) is 4.93. The molecule has 0 saturated heterocycles. The lowest BCUT2D eigenvalue weighted by atomic mass is 10.1. The molecule has 8 nitrogen and oxygen atoms in total. The van der Waals surface area contributed by atoms with E-state index >= 15 is 0 Å². The summed E-state index contributed by atoms with van der Waals surface area (Å²) >= 11 is 3.59. The van der Waals surface area contributed by atoms with Crippen molar-refractivity contribution in [2.45, 2.75) is 20.5 Å². The van der Waals surface area contributed by atoms with Gasteiger partial charge in [-0.15, -0.1) is 0 Å². The Morgan fingerprint density at radius 2 is 1.70 bits per heavy atom. The molecule has 6 rings (SSSR count). The maximum Gasteiger partial charge on any atom is 0.271 e. The predicted octanol–water partition coefficient (Wildman–Crippen LogP) is 7.69. The minimum Gasteiger partial charge on any atom is -0.490 e.